The van der Waals surface area contributed by atoms with Crippen molar-refractivity contribution in [2.75, 3.05) is 26.7 Å². The van der Waals surface area contributed by atoms with E-state index < -0.39 is 0 Å². The standard InChI is InChI=1S/C12H18N4O/c1-15-9-12(17)16(8-11(15)5-13)7-10-3-2-4-14-6-10/h2-4,6,11H,5,7-9,13H2,1H3. The highest BCUT2D eigenvalue weighted by atomic mass is 16.2. The van der Waals surface area contributed by atoms with Gasteiger partial charge in [0.05, 0.1) is 6.54 Å². The molecule has 5 nitrogen and oxygen atoms in total. The Morgan fingerprint density at radius 3 is 3.06 bits per heavy atom. The van der Waals surface area contributed by atoms with E-state index in [0.29, 0.717) is 26.2 Å². The molecule has 1 aromatic rings. The SMILES string of the molecule is CN1CC(=O)N(Cc2cccnc2)CC1CN. The van der Waals surface area contributed by atoms with Gasteiger partial charge in [-0.05, 0) is 18.7 Å². The van der Waals surface area contributed by atoms with Gasteiger partial charge in [-0.15, -0.1) is 0 Å². The predicted molar refractivity (Wildman–Crippen MR) is 65.1 cm³/mol. The number of rotatable bonds is 3. The van der Waals surface area contributed by atoms with Gasteiger partial charge in [-0.25, -0.2) is 0 Å². The normalized spacial score (nSPS) is 21.9. The number of nitrogens with two attached hydrogens (primary N) is 1. The smallest absolute Gasteiger partial charge is 0.237 e. The number of hydrogen-bond donors (Lipinski definition) is 1. The van der Waals surface area contributed by atoms with Crippen LogP contribution in [0.2, 0.25) is 0 Å². The summed E-state index contributed by atoms with van der Waals surface area (Å²) in [5, 5.41) is 0. The van der Waals surface area contributed by atoms with Gasteiger partial charge in [-0.3, -0.25) is 14.7 Å². The van der Waals surface area contributed by atoms with Crippen LogP contribution >= 0.6 is 0 Å². The molecule has 5 heteroatoms. The molecule has 1 fully saturated rings. The predicted octanol–water partition coefficient (Wildman–Crippen LogP) is -0.317. The molecule has 1 amide bonds. The third-order valence-corrected chi connectivity index (χ3v) is 3.16. The maximum atomic E-state index is 11.9. The second kappa shape index (κ2) is 5.25. The van der Waals surface area contributed by atoms with Crippen molar-refractivity contribution in [2.24, 2.45) is 5.73 Å². The first-order valence-corrected chi connectivity index (χ1v) is 5.77. The molecule has 0 bridgehead atoms. The van der Waals surface area contributed by atoms with Gasteiger partial charge in [0, 0.05) is 38.1 Å². The first-order chi connectivity index (χ1) is 8.20. The lowest BCUT2D eigenvalue weighted by Crippen LogP contribution is -2.56. The monoisotopic (exact) mass is 234 g/mol. The molecule has 0 spiro atoms. The van der Waals surface area contributed by atoms with Crippen molar-refractivity contribution in [3.8, 4) is 0 Å². The molecule has 17 heavy (non-hydrogen) atoms. The van der Waals surface area contributed by atoms with Crippen molar-refractivity contribution in [1.82, 2.24) is 14.8 Å². The third kappa shape index (κ3) is 2.81. The Kier molecular flexibility index (Phi) is 3.71. The lowest BCUT2D eigenvalue weighted by atomic mass is 10.1. The van der Waals surface area contributed by atoms with Crippen LogP contribution in [0.4, 0.5) is 0 Å². The van der Waals surface area contributed by atoms with Crippen molar-refractivity contribution < 1.29 is 4.79 Å². The maximum Gasteiger partial charge on any atom is 0.237 e. The lowest BCUT2D eigenvalue weighted by Gasteiger charge is -2.38. The van der Waals surface area contributed by atoms with E-state index >= 15 is 0 Å². The Morgan fingerprint density at radius 1 is 1.59 bits per heavy atom. The number of carbonyl (C=O) groups is 1. The van der Waals surface area contributed by atoms with E-state index in [-0.39, 0.29) is 11.9 Å². The summed E-state index contributed by atoms with van der Waals surface area (Å²) < 4.78 is 0. The van der Waals surface area contributed by atoms with Gasteiger partial charge in [-0.1, -0.05) is 6.07 Å². The summed E-state index contributed by atoms with van der Waals surface area (Å²) in [4.78, 5) is 19.8. The highest BCUT2D eigenvalue weighted by Gasteiger charge is 2.28. The van der Waals surface area contributed by atoms with Crippen molar-refractivity contribution in [1.29, 1.82) is 0 Å². The van der Waals surface area contributed by atoms with Crippen LogP contribution < -0.4 is 5.73 Å². The van der Waals surface area contributed by atoms with E-state index in [2.05, 4.69) is 4.98 Å². The molecule has 2 rings (SSSR count). The maximum absolute atomic E-state index is 11.9. The largest absolute Gasteiger partial charge is 0.336 e. The van der Waals surface area contributed by atoms with E-state index in [9.17, 15) is 4.79 Å². The van der Waals surface area contributed by atoms with E-state index in [1.54, 1.807) is 12.4 Å². The molecule has 1 aliphatic heterocycles. The molecule has 1 aromatic heterocycles. The quantitative estimate of drug-likeness (QED) is 0.779. The number of carbonyl (C=O) groups excluding carboxylic acids is 1. The van der Waals surface area contributed by atoms with Crippen LogP contribution in [0, 0.1) is 0 Å². The zero-order valence-electron chi connectivity index (χ0n) is 10.0. The van der Waals surface area contributed by atoms with Crippen molar-refractivity contribution in [2.45, 2.75) is 12.6 Å². The molecule has 2 N–H and O–H groups in total. The molecule has 1 atom stereocenters. The van der Waals surface area contributed by atoms with E-state index in [4.69, 9.17) is 5.73 Å². The summed E-state index contributed by atoms with van der Waals surface area (Å²) in [6, 6.07) is 4.12. The summed E-state index contributed by atoms with van der Waals surface area (Å²) in [6.07, 6.45) is 3.53. The Labute approximate surface area is 101 Å². The molecule has 0 radical (unpaired) electrons. The summed E-state index contributed by atoms with van der Waals surface area (Å²) in [7, 11) is 1.94. The first-order valence-electron chi connectivity index (χ1n) is 5.77. The average molecular weight is 234 g/mol. The van der Waals surface area contributed by atoms with Crippen molar-refractivity contribution in [3.05, 3.63) is 30.1 Å². The summed E-state index contributed by atoms with van der Waals surface area (Å²) >= 11 is 0. The minimum atomic E-state index is 0.154. The van der Waals surface area contributed by atoms with Crippen LogP contribution in [0.15, 0.2) is 24.5 Å². The molecule has 1 unspecified atom stereocenters. The molecule has 2 heterocycles. The van der Waals surface area contributed by atoms with Crippen molar-refractivity contribution in [3.63, 3.8) is 0 Å². The topological polar surface area (TPSA) is 62.5 Å². The third-order valence-electron chi connectivity index (χ3n) is 3.16. The van der Waals surface area contributed by atoms with Crippen LogP contribution in [-0.4, -0.2) is 53.4 Å². The first kappa shape index (κ1) is 12.0. The molecule has 0 saturated carbocycles. The van der Waals surface area contributed by atoms with Gasteiger partial charge in [0.2, 0.25) is 5.91 Å². The summed E-state index contributed by atoms with van der Waals surface area (Å²) in [5.41, 5.74) is 6.76. The van der Waals surface area contributed by atoms with Gasteiger partial charge in [0.1, 0.15) is 0 Å². The number of pyridine rings is 1. The van der Waals surface area contributed by atoms with E-state index in [1.165, 1.54) is 0 Å². The van der Waals surface area contributed by atoms with Gasteiger partial charge < -0.3 is 10.6 Å². The molecule has 92 valence electrons. The summed E-state index contributed by atoms with van der Waals surface area (Å²) in [6.45, 7) is 2.34. The van der Waals surface area contributed by atoms with Crippen molar-refractivity contribution >= 4 is 5.91 Å². The van der Waals surface area contributed by atoms with Gasteiger partial charge in [0.25, 0.3) is 0 Å². The Balaban J connectivity index is 2.03. The number of hydrogen-bond acceptors (Lipinski definition) is 4. The fourth-order valence-corrected chi connectivity index (χ4v) is 2.06. The Morgan fingerprint density at radius 2 is 2.41 bits per heavy atom. The second-order valence-corrected chi connectivity index (χ2v) is 4.44. The van der Waals surface area contributed by atoms with Gasteiger partial charge >= 0.3 is 0 Å². The fourth-order valence-electron chi connectivity index (χ4n) is 2.06. The average Bonchev–Trinajstić information content (AvgIpc) is 2.34. The van der Waals surface area contributed by atoms with Crippen LogP contribution in [0.25, 0.3) is 0 Å². The fraction of sp³-hybridized carbons (Fsp3) is 0.500. The molecular weight excluding hydrogens is 216 g/mol. The van der Waals surface area contributed by atoms with Crippen LogP contribution in [0.1, 0.15) is 5.56 Å². The number of likely N-dealkylation sites (N-methyl/N-ethyl adjacent to an activating group) is 1. The van der Waals surface area contributed by atoms with E-state index in [1.807, 2.05) is 29.0 Å². The zero-order chi connectivity index (χ0) is 12.3. The highest BCUT2D eigenvalue weighted by molar-refractivity contribution is 5.79. The molecule has 0 aromatic carbocycles. The van der Waals surface area contributed by atoms with Gasteiger partial charge in [-0.2, -0.15) is 0 Å². The van der Waals surface area contributed by atoms with E-state index in [0.717, 1.165) is 5.56 Å². The Hall–Kier alpha value is -1.46. The Bertz CT molecular complexity index is 381. The minimum absolute atomic E-state index is 0.154. The van der Waals surface area contributed by atoms with Crippen LogP contribution in [-0.2, 0) is 11.3 Å². The number of amides is 1. The van der Waals surface area contributed by atoms with Crippen LogP contribution in [0.3, 0.4) is 0 Å². The minimum Gasteiger partial charge on any atom is -0.336 e. The zero-order valence-corrected chi connectivity index (χ0v) is 10.0. The molecule has 0 aliphatic carbocycles. The molecular formula is C12H18N4O. The molecule has 1 saturated heterocycles. The second-order valence-electron chi connectivity index (χ2n) is 4.44. The molecule has 1 aliphatic rings. The summed E-state index contributed by atoms with van der Waals surface area (Å²) in [5.74, 6) is 0.154. The number of aromatic nitrogens is 1. The van der Waals surface area contributed by atoms with Gasteiger partial charge in [0.15, 0.2) is 0 Å². The van der Waals surface area contributed by atoms with Crippen LogP contribution in [0.5, 0.6) is 0 Å². The highest BCUT2D eigenvalue weighted by Crippen LogP contribution is 2.11. The number of piperazine rings is 1. The number of nitrogens with zero attached hydrogens (tertiary/aromatic N) is 3. The lowest BCUT2D eigenvalue weighted by molar-refractivity contribution is -0.138.